The summed E-state index contributed by atoms with van der Waals surface area (Å²) in [4.78, 5) is 11.4. The van der Waals surface area contributed by atoms with Gasteiger partial charge in [0.1, 0.15) is 0 Å². The number of carbonyl (C=O) groups is 1. The SMILES string of the molecule is CCOC(=O)c1cc(F)c(OC)c(CCl)c1. The fourth-order valence-corrected chi connectivity index (χ4v) is 1.51. The summed E-state index contributed by atoms with van der Waals surface area (Å²) in [5.74, 6) is -1.07. The van der Waals surface area contributed by atoms with Crippen LogP contribution < -0.4 is 4.74 Å². The number of esters is 1. The molecule has 0 aromatic heterocycles. The standard InChI is InChI=1S/C11H12ClFO3/c1-3-16-11(14)7-4-8(6-12)10(15-2)9(13)5-7/h4-5H,3,6H2,1-2H3. The average Bonchev–Trinajstić information content (AvgIpc) is 2.28. The highest BCUT2D eigenvalue weighted by molar-refractivity contribution is 6.17. The molecule has 0 heterocycles. The van der Waals surface area contributed by atoms with Crippen molar-refractivity contribution in [3.8, 4) is 5.75 Å². The second-order valence-corrected chi connectivity index (χ2v) is 3.27. The zero-order valence-corrected chi connectivity index (χ0v) is 9.81. The number of ether oxygens (including phenoxy) is 2. The lowest BCUT2D eigenvalue weighted by Crippen LogP contribution is -2.07. The maximum absolute atomic E-state index is 13.5. The Morgan fingerprint density at radius 1 is 1.50 bits per heavy atom. The summed E-state index contributed by atoms with van der Waals surface area (Å²) in [6, 6.07) is 2.54. The van der Waals surface area contributed by atoms with Gasteiger partial charge in [-0.25, -0.2) is 9.18 Å². The van der Waals surface area contributed by atoms with Crippen LogP contribution in [0.3, 0.4) is 0 Å². The normalized spacial score (nSPS) is 10.0. The van der Waals surface area contributed by atoms with E-state index in [0.717, 1.165) is 6.07 Å². The first-order chi connectivity index (χ1) is 7.63. The molecule has 0 radical (unpaired) electrons. The Kier molecular flexibility index (Phi) is 4.55. The molecular weight excluding hydrogens is 235 g/mol. The molecule has 0 amide bonds. The van der Waals surface area contributed by atoms with Crippen LogP contribution in [-0.2, 0) is 10.6 Å². The van der Waals surface area contributed by atoms with Crippen LogP contribution in [0.25, 0.3) is 0 Å². The number of methoxy groups -OCH3 is 1. The van der Waals surface area contributed by atoms with Crippen molar-refractivity contribution in [2.75, 3.05) is 13.7 Å². The van der Waals surface area contributed by atoms with Gasteiger partial charge in [-0.1, -0.05) is 0 Å². The van der Waals surface area contributed by atoms with E-state index in [1.54, 1.807) is 6.92 Å². The van der Waals surface area contributed by atoms with Crippen molar-refractivity contribution < 1.29 is 18.7 Å². The van der Waals surface area contributed by atoms with Gasteiger partial charge in [0.25, 0.3) is 0 Å². The summed E-state index contributed by atoms with van der Waals surface area (Å²) in [6.45, 7) is 1.92. The third-order valence-corrected chi connectivity index (χ3v) is 2.27. The van der Waals surface area contributed by atoms with Crippen molar-refractivity contribution in [3.63, 3.8) is 0 Å². The predicted octanol–water partition coefficient (Wildman–Crippen LogP) is 2.75. The Bertz CT molecular complexity index is 393. The number of hydrogen-bond acceptors (Lipinski definition) is 3. The van der Waals surface area contributed by atoms with E-state index in [1.165, 1.54) is 13.2 Å². The molecule has 5 heteroatoms. The predicted molar refractivity (Wildman–Crippen MR) is 58.5 cm³/mol. The molecule has 0 spiro atoms. The van der Waals surface area contributed by atoms with Gasteiger partial charge in [-0.05, 0) is 19.1 Å². The van der Waals surface area contributed by atoms with Gasteiger partial charge in [-0.3, -0.25) is 0 Å². The molecule has 88 valence electrons. The molecule has 1 aromatic carbocycles. The topological polar surface area (TPSA) is 35.5 Å². The average molecular weight is 247 g/mol. The fraction of sp³-hybridized carbons (Fsp3) is 0.364. The molecular formula is C11H12ClFO3. The van der Waals surface area contributed by atoms with E-state index in [1.807, 2.05) is 0 Å². The summed E-state index contributed by atoms with van der Waals surface area (Å²) in [7, 11) is 1.35. The van der Waals surface area contributed by atoms with E-state index in [2.05, 4.69) is 0 Å². The second kappa shape index (κ2) is 5.70. The molecule has 0 saturated heterocycles. The van der Waals surface area contributed by atoms with Gasteiger partial charge < -0.3 is 9.47 Å². The number of rotatable bonds is 4. The molecule has 0 aliphatic heterocycles. The number of benzene rings is 1. The molecule has 1 rings (SSSR count). The number of alkyl halides is 1. The summed E-state index contributed by atoms with van der Waals surface area (Å²) < 4.78 is 23.1. The zero-order valence-electron chi connectivity index (χ0n) is 9.05. The van der Waals surface area contributed by atoms with Crippen molar-refractivity contribution in [3.05, 3.63) is 29.1 Å². The molecule has 3 nitrogen and oxygen atoms in total. The van der Waals surface area contributed by atoms with Gasteiger partial charge in [0.2, 0.25) is 0 Å². The van der Waals surface area contributed by atoms with Gasteiger partial charge in [-0.15, -0.1) is 11.6 Å². The molecule has 0 saturated carbocycles. The minimum Gasteiger partial charge on any atom is -0.493 e. The molecule has 1 aromatic rings. The second-order valence-electron chi connectivity index (χ2n) is 3.00. The van der Waals surface area contributed by atoms with E-state index >= 15 is 0 Å². The Labute approximate surface area is 98.1 Å². The number of halogens is 2. The molecule has 0 bridgehead atoms. The van der Waals surface area contributed by atoms with Crippen LogP contribution in [0.5, 0.6) is 5.75 Å². The fourth-order valence-electron chi connectivity index (χ4n) is 1.31. The Morgan fingerprint density at radius 3 is 2.69 bits per heavy atom. The number of hydrogen-bond donors (Lipinski definition) is 0. The van der Waals surface area contributed by atoms with Gasteiger partial charge in [0.15, 0.2) is 11.6 Å². The van der Waals surface area contributed by atoms with Crippen molar-refractivity contribution in [1.29, 1.82) is 0 Å². The highest BCUT2D eigenvalue weighted by Crippen LogP contribution is 2.26. The van der Waals surface area contributed by atoms with Gasteiger partial charge in [0.05, 0.1) is 25.2 Å². The Balaban J connectivity index is 3.15. The lowest BCUT2D eigenvalue weighted by molar-refractivity contribution is 0.0525. The summed E-state index contributed by atoms with van der Waals surface area (Å²) >= 11 is 5.64. The first-order valence-electron chi connectivity index (χ1n) is 4.73. The van der Waals surface area contributed by atoms with Crippen LogP contribution in [0.15, 0.2) is 12.1 Å². The van der Waals surface area contributed by atoms with Crippen LogP contribution in [-0.4, -0.2) is 19.7 Å². The van der Waals surface area contributed by atoms with Gasteiger partial charge in [-0.2, -0.15) is 0 Å². The van der Waals surface area contributed by atoms with Crippen molar-refractivity contribution in [2.45, 2.75) is 12.8 Å². The van der Waals surface area contributed by atoms with Crippen LogP contribution >= 0.6 is 11.6 Å². The van der Waals surface area contributed by atoms with Crippen molar-refractivity contribution in [2.24, 2.45) is 0 Å². The maximum Gasteiger partial charge on any atom is 0.338 e. The van der Waals surface area contributed by atoms with Gasteiger partial charge in [0, 0.05) is 5.56 Å². The first kappa shape index (κ1) is 12.8. The highest BCUT2D eigenvalue weighted by Gasteiger charge is 2.15. The third-order valence-electron chi connectivity index (χ3n) is 1.98. The van der Waals surface area contributed by atoms with E-state index < -0.39 is 11.8 Å². The molecule has 0 aliphatic carbocycles. The maximum atomic E-state index is 13.5. The van der Waals surface area contributed by atoms with Gasteiger partial charge >= 0.3 is 5.97 Å². The van der Waals surface area contributed by atoms with Crippen LogP contribution in [0.1, 0.15) is 22.8 Å². The zero-order chi connectivity index (χ0) is 12.1. The first-order valence-corrected chi connectivity index (χ1v) is 5.27. The summed E-state index contributed by atoms with van der Waals surface area (Å²) in [5, 5.41) is 0. The highest BCUT2D eigenvalue weighted by atomic mass is 35.5. The molecule has 0 atom stereocenters. The van der Waals surface area contributed by atoms with Crippen molar-refractivity contribution >= 4 is 17.6 Å². The van der Waals surface area contributed by atoms with E-state index in [4.69, 9.17) is 21.1 Å². The van der Waals surface area contributed by atoms with E-state index in [9.17, 15) is 9.18 Å². The summed E-state index contributed by atoms with van der Waals surface area (Å²) in [6.07, 6.45) is 0. The molecule has 0 fully saturated rings. The lowest BCUT2D eigenvalue weighted by atomic mass is 10.1. The Hall–Kier alpha value is -1.29. The van der Waals surface area contributed by atoms with E-state index in [0.29, 0.717) is 5.56 Å². The monoisotopic (exact) mass is 246 g/mol. The molecule has 16 heavy (non-hydrogen) atoms. The number of carbonyl (C=O) groups excluding carboxylic acids is 1. The quantitative estimate of drug-likeness (QED) is 0.605. The molecule has 0 aliphatic rings. The van der Waals surface area contributed by atoms with Crippen LogP contribution in [0.2, 0.25) is 0 Å². The van der Waals surface area contributed by atoms with E-state index in [-0.39, 0.29) is 23.8 Å². The minimum absolute atomic E-state index is 0.0584. The largest absolute Gasteiger partial charge is 0.493 e. The molecule has 0 N–H and O–H groups in total. The van der Waals surface area contributed by atoms with Crippen LogP contribution in [0.4, 0.5) is 4.39 Å². The summed E-state index contributed by atoms with van der Waals surface area (Å²) in [5.41, 5.74) is 0.558. The Morgan fingerprint density at radius 2 is 2.19 bits per heavy atom. The van der Waals surface area contributed by atoms with Crippen molar-refractivity contribution in [1.82, 2.24) is 0 Å². The molecule has 0 unspecified atom stereocenters. The lowest BCUT2D eigenvalue weighted by Gasteiger charge is -2.09. The van der Waals surface area contributed by atoms with Crippen LogP contribution in [0, 0.1) is 5.82 Å². The third kappa shape index (κ3) is 2.64. The minimum atomic E-state index is -0.622. The smallest absolute Gasteiger partial charge is 0.338 e.